The van der Waals surface area contributed by atoms with Gasteiger partial charge in [0.05, 0.1) is 7.11 Å². The van der Waals surface area contributed by atoms with Crippen LogP contribution >= 0.6 is 27.5 Å². The Morgan fingerprint density at radius 3 is 2.54 bits per heavy atom. The van der Waals surface area contributed by atoms with Crippen molar-refractivity contribution >= 4 is 50.2 Å². The molecule has 0 saturated carbocycles. The summed E-state index contributed by atoms with van der Waals surface area (Å²) in [4.78, 5) is 29.0. The number of benzene rings is 2. The van der Waals surface area contributed by atoms with E-state index in [1.165, 1.54) is 7.11 Å². The van der Waals surface area contributed by atoms with Crippen molar-refractivity contribution in [1.82, 2.24) is 10.3 Å². The van der Waals surface area contributed by atoms with Gasteiger partial charge in [-0.25, -0.2) is 9.78 Å². The predicted octanol–water partition coefficient (Wildman–Crippen LogP) is 4.29. The van der Waals surface area contributed by atoms with Gasteiger partial charge in [-0.2, -0.15) is 0 Å². The summed E-state index contributed by atoms with van der Waals surface area (Å²) in [6, 6.07) is 15.1. The molecule has 1 amide bonds. The van der Waals surface area contributed by atoms with Crippen LogP contribution in [0.3, 0.4) is 0 Å². The Morgan fingerprint density at radius 2 is 1.85 bits per heavy atom. The van der Waals surface area contributed by atoms with Crippen LogP contribution in [0, 0.1) is 0 Å². The highest BCUT2D eigenvalue weighted by Gasteiger charge is 2.25. The fraction of sp³-hybridized carbons (Fsp3) is 0.105. The van der Waals surface area contributed by atoms with Gasteiger partial charge >= 0.3 is 5.97 Å². The standard InChI is InChI=1S/C19H14BrClN2O3/c1-26-19(25)16(11-6-8-13(20)9-7-11)23-18(24)15-10-12-4-2-3-5-14(12)17(21)22-15/h2-10,16H,1H3,(H,23,24). The van der Waals surface area contributed by atoms with Gasteiger partial charge in [-0.3, -0.25) is 4.79 Å². The van der Waals surface area contributed by atoms with E-state index in [-0.39, 0.29) is 10.8 Å². The molecular formula is C19H14BrClN2O3. The number of ether oxygens (including phenoxy) is 1. The number of rotatable bonds is 4. The molecule has 0 bridgehead atoms. The zero-order chi connectivity index (χ0) is 18.7. The molecule has 1 N–H and O–H groups in total. The van der Waals surface area contributed by atoms with Gasteiger partial charge in [-0.1, -0.05) is 63.9 Å². The van der Waals surface area contributed by atoms with E-state index in [2.05, 4.69) is 26.2 Å². The average Bonchev–Trinajstić information content (AvgIpc) is 2.66. The van der Waals surface area contributed by atoms with Gasteiger partial charge in [0.15, 0.2) is 6.04 Å². The first-order valence-corrected chi connectivity index (χ1v) is 8.86. The molecule has 2 aromatic carbocycles. The lowest BCUT2D eigenvalue weighted by Gasteiger charge is -2.17. The molecule has 0 aliphatic carbocycles. The smallest absolute Gasteiger partial charge is 0.333 e. The van der Waals surface area contributed by atoms with Crippen molar-refractivity contribution in [3.8, 4) is 0 Å². The molecular weight excluding hydrogens is 420 g/mol. The van der Waals surface area contributed by atoms with Crippen molar-refractivity contribution in [2.45, 2.75) is 6.04 Å². The third-order valence-electron chi connectivity index (χ3n) is 3.84. The zero-order valence-corrected chi connectivity index (χ0v) is 16.0. The maximum atomic E-state index is 12.7. The number of halogens is 2. The van der Waals surface area contributed by atoms with Crippen LogP contribution in [0.5, 0.6) is 0 Å². The number of aromatic nitrogens is 1. The van der Waals surface area contributed by atoms with Crippen LogP contribution in [0.1, 0.15) is 22.1 Å². The number of amides is 1. The maximum Gasteiger partial charge on any atom is 0.333 e. The number of pyridine rings is 1. The fourth-order valence-corrected chi connectivity index (χ4v) is 3.06. The van der Waals surface area contributed by atoms with Crippen LogP contribution in [-0.4, -0.2) is 24.0 Å². The Balaban J connectivity index is 1.93. The van der Waals surface area contributed by atoms with Crippen LogP contribution in [0.25, 0.3) is 10.8 Å². The number of methoxy groups -OCH3 is 1. The van der Waals surface area contributed by atoms with Gasteiger partial charge in [0.1, 0.15) is 10.8 Å². The first kappa shape index (κ1) is 18.4. The highest BCUT2D eigenvalue weighted by molar-refractivity contribution is 9.10. The first-order valence-electron chi connectivity index (χ1n) is 7.69. The van der Waals surface area contributed by atoms with Crippen molar-refractivity contribution in [3.05, 3.63) is 75.5 Å². The molecule has 7 heteroatoms. The average molecular weight is 434 g/mol. The third kappa shape index (κ3) is 3.86. The van der Waals surface area contributed by atoms with E-state index in [4.69, 9.17) is 16.3 Å². The molecule has 132 valence electrons. The molecule has 3 rings (SSSR count). The number of carbonyl (C=O) groups is 2. The summed E-state index contributed by atoms with van der Waals surface area (Å²) in [5, 5.41) is 4.43. The SMILES string of the molecule is COC(=O)C(NC(=O)c1cc2ccccc2c(Cl)n1)c1ccc(Br)cc1. The molecule has 0 radical (unpaired) electrons. The number of hydrogen-bond acceptors (Lipinski definition) is 4. The van der Waals surface area contributed by atoms with Crippen molar-refractivity contribution in [1.29, 1.82) is 0 Å². The van der Waals surface area contributed by atoms with Gasteiger partial charge < -0.3 is 10.1 Å². The van der Waals surface area contributed by atoms with E-state index in [0.717, 1.165) is 15.2 Å². The summed E-state index contributed by atoms with van der Waals surface area (Å²) >= 11 is 9.52. The number of fused-ring (bicyclic) bond motifs is 1. The molecule has 5 nitrogen and oxygen atoms in total. The Hall–Kier alpha value is -2.44. The summed E-state index contributed by atoms with van der Waals surface area (Å²) < 4.78 is 5.68. The Bertz CT molecular complexity index is 976. The van der Waals surface area contributed by atoms with Gasteiger partial charge in [0.25, 0.3) is 5.91 Å². The molecule has 0 aliphatic heterocycles. The van der Waals surface area contributed by atoms with Crippen molar-refractivity contribution in [3.63, 3.8) is 0 Å². The minimum atomic E-state index is -0.951. The Labute approximate surface area is 163 Å². The van der Waals surface area contributed by atoms with Crippen molar-refractivity contribution in [2.24, 2.45) is 0 Å². The number of hydrogen-bond donors (Lipinski definition) is 1. The number of nitrogens with one attached hydrogen (secondary N) is 1. The van der Waals surface area contributed by atoms with E-state index >= 15 is 0 Å². The molecule has 0 saturated heterocycles. The summed E-state index contributed by atoms with van der Waals surface area (Å²) in [6.07, 6.45) is 0. The highest BCUT2D eigenvalue weighted by atomic mass is 79.9. The summed E-state index contributed by atoms with van der Waals surface area (Å²) in [5.41, 5.74) is 0.722. The largest absolute Gasteiger partial charge is 0.467 e. The molecule has 1 aromatic heterocycles. The van der Waals surface area contributed by atoms with Gasteiger partial charge in [0.2, 0.25) is 0 Å². The van der Waals surface area contributed by atoms with Crippen LogP contribution in [-0.2, 0) is 9.53 Å². The van der Waals surface area contributed by atoms with E-state index in [0.29, 0.717) is 5.56 Å². The Morgan fingerprint density at radius 1 is 1.15 bits per heavy atom. The zero-order valence-electron chi connectivity index (χ0n) is 13.7. The van der Waals surface area contributed by atoms with E-state index in [9.17, 15) is 9.59 Å². The number of esters is 1. The summed E-state index contributed by atoms with van der Waals surface area (Å²) in [5.74, 6) is -1.09. The second-order valence-corrected chi connectivity index (χ2v) is 6.77. The lowest BCUT2D eigenvalue weighted by Crippen LogP contribution is -2.35. The fourth-order valence-electron chi connectivity index (χ4n) is 2.53. The first-order chi connectivity index (χ1) is 12.5. The quantitative estimate of drug-likeness (QED) is 0.492. The van der Waals surface area contributed by atoms with Crippen molar-refractivity contribution < 1.29 is 14.3 Å². The number of nitrogens with zero attached hydrogens (tertiary/aromatic N) is 1. The summed E-state index contributed by atoms with van der Waals surface area (Å²) in [6.45, 7) is 0. The number of carbonyl (C=O) groups excluding carboxylic acids is 2. The summed E-state index contributed by atoms with van der Waals surface area (Å²) in [7, 11) is 1.27. The monoisotopic (exact) mass is 432 g/mol. The topological polar surface area (TPSA) is 68.3 Å². The van der Waals surface area contributed by atoms with Crippen molar-refractivity contribution in [2.75, 3.05) is 7.11 Å². The lowest BCUT2D eigenvalue weighted by atomic mass is 10.1. The highest BCUT2D eigenvalue weighted by Crippen LogP contribution is 2.23. The third-order valence-corrected chi connectivity index (χ3v) is 4.66. The second-order valence-electron chi connectivity index (χ2n) is 5.50. The molecule has 0 aliphatic rings. The molecule has 3 aromatic rings. The van der Waals surface area contributed by atoms with Crippen LogP contribution in [0.15, 0.2) is 59.1 Å². The molecule has 26 heavy (non-hydrogen) atoms. The van der Waals surface area contributed by atoms with Gasteiger partial charge in [-0.05, 0) is 29.1 Å². The normalized spacial score (nSPS) is 11.8. The molecule has 0 spiro atoms. The minimum Gasteiger partial charge on any atom is -0.467 e. The van der Waals surface area contributed by atoms with E-state index in [1.807, 2.05) is 24.3 Å². The van der Waals surface area contributed by atoms with Gasteiger partial charge in [-0.15, -0.1) is 0 Å². The molecule has 1 atom stereocenters. The minimum absolute atomic E-state index is 0.125. The van der Waals surface area contributed by atoms with Gasteiger partial charge in [0, 0.05) is 9.86 Å². The molecule has 1 unspecified atom stereocenters. The molecule has 1 heterocycles. The van der Waals surface area contributed by atoms with E-state index in [1.54, 1.807) is 30.3 Å². The Kier molecular flexibility index (Phi) is 5.54. The maximum absolute atomic E-state index is 12.7. The lowest BCUT2D eigenvalue weighted by molar-refractivity contribution is -0.143. The predicted molar refractivity (Wildman–Crippen MR) is 103 cm³/mol. The van der Waals surface area contributed by atoms with Crippen LogP contribution in [0.4, 0.5) is 0 Å². The van der Waals surface area contributed by atoms with Crippen LogP contribution in [0.2, 0.25) is 5.15 Å². The van der Waals surface area contributed by atoms with Crippen LogP contribution < -0.4 is 5.32 Å². The molecule has 0 fully saturated rings. The van der Waals surface area contributed by atoms with E-state index < -0.39 is 17.9 Å². The second kappa shape index (κ2) is 7.85.